The third-order valence-electron chi connectivity index (χ3n) is 4.75. The van der Waals surface area contributed by atoms with Gasteiger partial charge in [-0.25, -0.2) is 4.98 Å². The zero-order chi connectivity index (χ0) is 19.5. The first kappa shape index (κ1) is 18.3. The van der Waals surface area contributed by atoms with E-state index in [-0.39, 0.29) is 0 Å². The highest BCUT2D eigenvalue weighted by Gasteiger charge is 2.09. The largest absolute Gasteiger partial charge is 0.378 e. The van der Waals surface area contributed by atoms with Crippen LogP contribution in [0.25, 0.3) is 33.6 Å². The van der Waals surface area contributed by atoms with Crippen LogP contribution in [-0.2, 0) is 0 Å². The second-order valence-electron chi connectivity index (χ2n) is 6.94. The minimum Gasteiger partial charge on any atom is -0.378 e. The number of aromatic nitrogens is 1. The average Bonchev–Trinajstić information content (AvgIpc) is 2.74. The maximum Gasteiger partial charge on any atom is 0.0715 e. The van der Waals surface area contributed by atoms with Crippen LogP contribution >= 0.6 is 11.6 Å². The van der Waals surface area contributed by atoms with Crippen molar-refractivity contribution in [3.63, 3.8) is 0 Å². The van der Waals surface area contributed by atoms with E-state index in [0.29, 0.717) is 0 Å². The quantitative estimate of drug-likeness (QED) is 0.384. The van der Waals surface area contributed by atoms with E-state index in [9.17, 15) is 0 Å². The third kappa shape index (κ3) is 3.92. The molecule has 0 fully saturated rings. The Morgan fingerprint density at radius 3 is 1.71 bits per heavy atom. The number of hydrogen-bond acceptors (Lipinski definition) is 2. The molecule has 0 atom stereocenters. The highest BCUT2D eigenvalue weighted by Crippen LogP contribution is 2.31. The van der Waals surface area contributed by atoms with E-state index in [2.05, 4.69) is 53.4 Å². The van der Waals surface area contributed by atoms with Crippen LogP contribution in [0, 0.1) is 0 Å². The Kier molecular flexibility index (Phi) is 5.14. The van der Waals surface area contributed by atoms with E-state index in [1.807, 2.05) is 56.6 Å². The molecule has 28 heavy (non-hydrogen) atoms. The molecule has 138 valence electrons. The summed E-state index contributed by atoms with van der Waals surface area (Å²) in [6, 6.07) is 31.0. The van der Waals surface area contributed by atoms with Crippen molar-refractivity contribution in [2.45, 2.75) is 0 Å². The minimum absolute atomic E-state index is 0.725. The normalized spacial score (nSPS) is 10.7. The van der Waals surface area contributed by atoms with Crippen LogP contribution in [-0.4, -0.2) is 19.1 Å². The first-order valence-electron chi connectivity index (χ1n) is 9.21. The van der Waals surface area contributed by atoms with Crippen molar-refractivity contribution in [1.29, 1.82) is 0 Å². The van der Waals surface area contributed by atoms with Crippen molar-refractivity contribution >= 4 is 17.3 Å². The molecule has 0 bridgehead atoms. The molecular formula is C25H21ClN2. The number of nitrogens with zero attached hydrogens (tertiary/aromatic N) is 2. The van der Waals surface area contributed by atoms with Crippen LogP contribution in [0.15, 0.2) is 91.0 Å². The van der Waals surface area contributed by atoms with Gasteiger partial charge in [0.15, 0.2) is 0 Å². The van der Waals surface area contributed by atoms with Crippen molar-refractivity contribution < 1.29 is 0 Å². The van der Waals surface area contributed by atoms with E-state index in [1.165, 1.54) is 11.3 Å². The number of pyridine rings is 1. The monoisotopic (exact) mass is 384 g/mol. The Hall–Kier alpha value is -3.10. The molecule has 0 radical (unpaired) electrons. The first-order valence-corrected chi connectivity index (χ1v) is 9.59. The fraction of sp³-hybridized carbons (Fsp3) is 0.0800. The van der Waals surface area contributed by atoms with Gasteiger partial charge in [0, 0.05) is 35.9 Å². The summed E-state index contributed by atoms with van der Waals surface area (Å²) in [5.74, 6) is 0. The lowest BCUT2D eigenvalue weighted by Crippen LogP contribution is -2.07. The Morgan fingerprint density at radius 1 is 0.607 bits per heavy atom. The number of benzene rings is 3. The minimum atomic E-state index is 0.725. The predicted octanol–water partition coefficient (Wildman–Crippen LogP) is 6.80. The summed E-state index contributed by atoms with van der Waals surface area (Å²) >= 11 is 6.07. The van der Waals surface area contributed by atoms with Crippen molar-refractivity contribution in [1.82, 2.24) is 4.98 Å². The van der Waals surface area contributed by atoms with E-state index in [0.717, 1.165) is 33.1 Å². The zero-order valence-corrected chi connectivity index (χ0v) is 16.7. The molecule has 4 aromatic rings. The van der Waals surface area contributed by atoms with Gasteiger partial charge in [-0.05, 0) is 47.5 Å². The fourth-order valence-corrected chi connectivity index (χ4v) is 3.30. The summed E-state index contributed by atoms with van der Waals surface area (Å²) in [6.45, 7) is 0. The number of rotatable bonds is 4. The molecule has 1 heterocycles. The number of anilines is 1. The lowest BCUT2D eigenvalue weighted by Gasteiger charge is -2.14. The van der Waals surface area contributed by atoms with Gasteiger partial charge in [-0.1, -0.05) is 66.2 Å². The average molecular weight is 385 g/mol. The summed E-state index contributed by atoms with van der Waals surface area (Å²) in [4.78, 5) is 7.03. The van der Waals surface area contributed by atoms with Crippen molar-refractivity contribution in [2.75, 3.05) is 19.0 Å². The molecule has 3 aromatic carbocycles. The molecule has 1 aromatic heterocycles. The van der Waals surface area contributed by atoms with Crippen molar-refractivity contribution in [2.24, 2.45) is 0 Å². The van der Waals surface area contributed by atoms with E-state index in [1.54, 1.807) is 0 Å². The standard InChI is InChI=1S/C25H21ClN2/c1-28(2)23-14-10-18(11-15-23)21-16-24(19-6-4-3-5-7-19)27-25(17-21)20-8-12-22(26)13-9-20/h3-17H,1-2H3. The van der Waals surface area contributed by atoms with Gasteiger partial charge < -0.3 is 4.90 Å². The second-order valence-corrected chi connectivity index (χ2v) is 7.38. The summed E-state index contributed by atoms with van der Waals surface area (Å²) in [6.07, 6.45) is 0. The molecule has 0 spiro atoms. The van der Waals surface area contributed by atoms with Gasteiger partial charge in [0.1, 0.15) is 0 Å². The van der Waals surface area contributed by atoms with Crippen molar-refractivity contribution in [3.05, 3.63) is 96.0 Å². The fourth-order valence-electron chi connectivity index (χ4n) is 3.17. The molecule has 3 heteroatoms. The van der Waals surface area contributed by atoms with Crippen molar-refractivity contribution in [3.8, 4) is 33.6 Å². The highest BCUT2D eigenvalue weighted by molar-refractivity contribution is 6.30. The smallest absolute Gasteiger partial charge is 0.0715 e. The van der Waals surface area contributed by atoms with Gasteiger partial charge in [-0.2, -0.15) is 0 Å². The molecule has 0 saturated carbocycles. The highest BCUT2D eigenvalue weighted by atomic mass is 35.5. The Balaban J connectivity index is 1.85. The molecule has 0 amide bonds. The van der Waals surface area contributed by atoms with Gasteiger partial charge in [0.05, 0.1) is 11.4 Å². The number of halogens is 1. The third-order valence-corrected chi connectivity index (χ3v) is 5.00. The maximum absolute atomic E-state index is 6.07. The summed E-state index contributed by atoms with van der Waals surface area (Å²) < 4.78 is 0. The predicted molar refractivity (Wildman–Crippen MR) is 120 cm³/mol. The van der Waals surface area contributed by atoms with Crippen LogP contribution in [0.5, 0.6) is 0 Å². The first-order chi connectivity index (χ1) is 13.6. The van der Waals surface area contributed by atoms with Gasteiger partial charge in [-0.3, -0.25) is 0 Å². The van der Waals surface area contributed by atoms with E-state index in [4.69, 9.17) is 16.6 Å². The number of hydrogen-bond donors (Lipinski definition) is 0. The molecule has 0 aliphatic heterocycles. The maximum atomic E-state index is 6.07. The molecule has 0 unspecified atom stereocenters. The zero-order valence-electron chi connectivity index (χ0n) is 15.9. The van der Waals surface area contributed by atoms with Crippen LogP contribution < -0.4 is 4.90 Å². The lowest BCUT2D eigenvalue weighted by molar-refractivity contribution is 1.13. The van der Waals surface area contributed by atoms with Gasteiger partial charge >= 0.3 is 0 Å². The van der Waals surface area contributed by atoms with E-state index >= 15 is 0 Å². The van der Waals surface area contributed by atoms with Gasteiger partial charge in [0.25, 0.3) is 0 Å². The Morgan fingerprint density at radius 2 is 1.14 bits per heavy atom. The molecular weight excluding hydrogens is 364 g/mol. The van der Waals surface area contributed by atoms with Crippen LogP contribution in [0.2, 0.25) is 5.02 Å². The Bertz CT molecular complexity index is 1070. The molecule has 4 rings (SSSR count). The molecule has 0 aliphatic rings. The summed E-state index contributed by atoms with van der Waals surface area (Å²) in [5.41, 5.74) is 7.53. The molecule has 2 nitrogen and oxygen atoms in total. The molecule has 0 N–H and O–H groups in total. The van der Waals surface area contributed by atoms with Gasteiger partial charge in [-0.15, -0.1) is 0 Å². The second kappa shape index (κ2) is 7.87. The Labute approximate surface area is 171 Å². The van der Waals surface area contributed by atoms with Crippen LogP contribution in [0.1, 0.15) is 0 Å². The lowest BCUT2D eigenvalue weighted by atomic mass is 10.00. The molecule has 0 aliphatic carbocycles. The topological polar surface area (TPSA) is 16.1 Å². The summed E-state index contributed by atoms with van der Waals surface area (Å²) in [7, 11) is 4.10. The van der Waals surface area contributed by atoms with Crippen LogP contribution in [0.3, 0.4) is 0 Å². The SMILES string of the molecule is CN(C)c1ccc(-c2cc(-c3ccccc3)nc(-c3ccc(Cl)cc3)c2)cc1. The van der Waals surface area contributed by atoms with Crippen LogP contribution in [0.4, 0.5) is 5.69 Å². The van der Waals surface area contributed by atoms with Gasteiger partial charge in [0.2, 0.25) is 0 Å². The van der Waals surface area contributed by atoms with E-state index < -0.39 is 0 Å². The molecule has 0 saturated heterocycles. The summed E-state index contributed by atoms with van der Waals surface area (Å²) in [5, 5.41) is 0.725.